The van der Waals surface area contributed by atoms with Crippen molar-refractivity contribution in [2.75, 3.05) is 6.26 Å². The van der Waals surface area contributed by atoms with Crippen LogP contribution in [-0.2, 0) is 21.2 Å². The van der Waals surface area contributed by atoms with Gasteiger partial charge in [0.25, 0.3) is 0 Å². The lowest BCUT2D eigenvalue weighted by molar-refractivity contribution is -0.123. The van der Waals surface area contributed by atoms with Crippen molar-refractivity contribution in [2.24, 2.45) is 0 Å². The molecule has 0 radical (unpaired) electrons. The molecular formula is C15H22N2O3S. The summed E-state index contributed by atoms with van der Waals surface area (Å²) in [4.78, 5) is 12.1. The molecule has 0 unspecified atom stereocenters. The van der Waals surface area contributed by atoms with Gasteiger partial charge in [-0.05, 0) is 38.7 Å². The van der Waals surface area contributed by atoms with E-state index in [0.717, 1.165) is 25.5 Å². The topological polar surface area (TPSA) is 75.3 Å². The second-order valence-corrected chi connectivity index (χ2v) is 7.82. The molecule has 0 saturated heterocycles. The van der Waals surface area contributed by atoms with Gasteiger partial charge in [-0.15, -0.1) is 0 Å². The fraction of sp³-hybridized carbons (Fsp3) is 0.533. The molecular weight excluding hydrogens is 288 g/mol. The fourth-order valence-electron chi connectivity index (χ4n) is 2.34. The van der Waals surface area contributed by atoms with Crippen molar-refractivity contribution in [3.05, 3.63) is 35.4 Å². The van der Waals surface area contributed by atoms with Gasteiger partial charge in [0.2, 0.25) is 15.9 Å². The summed E-state index contributed by atoms with van der Waals surface area (Å²) in [5, 5.41) is 2.99. The average molecular weight is 310 g/mol. The highest BCUT2D eigenvalue weighted by Crippen LogP contribution is 2.38. The Bertz CT molecular complexity index is 619. The predicted molar refractivity (Wildman–Crippen MR) is 82.4 cm³/mol. The first kappa shape index (κ1) is 16.0. The molecule has 0 aliphatic heterocycles. The molecule has 5 nitrogen and oxygen atoms in total. The standard InChI is InChI=1S/C15H22N2O3S/c1-11-4-6-13(7-5-11)10-15(8-9-15)16-14(18)12(2)17-21(3,19)20/h4-7,12,17H,8-10H2,1-3H3,(H,16,18)/t12-/m1/s1. The number of nitrogens with one attached hydrogen (secondary N) is 2. The van der Waals surface area contributed by atoms with Crippen molar-refractivity contribution in [3.8, 4) is 0 Å². The molecule has 1 saturated carbocycles. The number of rotatable bonds is 6. The SMILES string of the molecule is Cc1ccc(CC2(NC(=O)[C@@H](C)NS(C)(=O)=O)CC2)cc1. The van der Waals surface area contributed by atoms with Gasteiger partial charge in [-0.2, -0.15) is 0 Å². The van der Waals surface area contributed by atoms with E-state index in [1.807, 2.05) is 6.92 Å². The molecule has 2 N–H and O–H groups in total. The first-order chi connectivity index (χ1) is 9.69. The highest BCUT2D eigenvalue weighted by molar-refractivity contribution is 7.88. The summed E-state index contributed by atoms with van der Waals surface area (Å²) in [6.07, 6.45) is 3.69. The van der Waals surface area contributed by atoms with E-state index in [-0.39, 0.29) is 11.4 Å². The number of sulfonamides is 1. The van der Waals surface area contributed by atoms with Crippen LogP contribution >= 0.6 is 0 Å². The third kappa shape index (κ3) is 4.82. The minimum absolute atomic E-state index is 0.209. The molecule has 1 amide bonds. The minimum Gasteiger partial charge on any atom is -0.349 e. The predicted octanol–water partition coefficient (Wildman–Crippen LogP) is 1.12. The van der Waals surface area contributed by atoms with Crippen LogP contribution in [0.3, 0.4) is 0 Å². The van der Waals surface area contributed by atoms with E-state index in [9.17, 15) is 13.2 Å². The Balaban J connectivity index is 1.95. The second kappa shape index (κ2) is 5.77. The molecule has 116 valence electrons. The summed E-state index contributed by atoms with van der Waals surface area (Å²) < 4.78 is 24.6. The van der Waals surface area contributed by atoms with Crippen LogP contribution in [0.1, 0.15) is 30.9 Å². The molecule has 1 aliphatic carbocycles. The number of carbonyl (C=O) groups is 1. The van der Waals surface area contributed by atoms with Crippen molar-refractivity contribution in [2.45, 2.75) is 44.7 Å². The first-order valence-corrected chi connectivity index (χ1v) is 8.93. The maximum atomic E-state index is 12.1. The maximum absolute atomic E-state index is 12.1. The Morgan fingerprint density at radius 2 is 1.86 bits per heavy atom. The van der Waals surface area contributed by atoms with Crippen molar-refractivity contribution >= 4 is 15.9 Å². The van der Waals surface area contributed by atoms with E-state index in [1.54, 1.807) is 6.92 Å². The summed E-state index contributed by atoms with van der Waals surface area (Å²) in [5.74, 6) is -0.273. The maximum Gasteiger partial charge on any atom is 0.238 e. The van der Waals surface area contributed by atoms with Gasteiger partial charge >= 0.3 is 0 Å². The van der Waals surface area contributed by atoms with Crippen LogP contribution in [-0.4, -0.2) is 32.2 Å². The monoisotopic (exact) mass is 310 g/mol. The first-order valence-electron chi connectivity index (χ1n) is 7.04. The lowest BCUT2D eigenvalue weighted by atomic mass is 10.0. The largest absolute Gasteiger partial charge is 0.349 e. The van der Waals surface area contributed by atoms with E-state index in [4.69, 9.17) is 0 Å². The van der Waals surface area contributed by atoms with E-state index in [2.05, 4.69) is 34.3 Å². The molecule has 0 aromatic heterocycles. The van der Waals surface area contributed by atoms with Crippen LogP contribution in [0, 0.1) is 6.92 Å². The molecule has 0 heterocycles. The molecule has 21 heavy (non-hydrogen) atoms. The summed E-state index contributed by atoms with van der Waals surface area (Å²) in [7, 11) is -3.38. The summed E-state index contributed by atoms with van der Waals surface area (Å²) in [6.45, 7) is 3.59. The van der Waals surface area contributed by atoms with Crippen molar-refractivity contribution in [1.29, 1.82) is 0 Å². The van der Waals surface area contributed by atoms with E-state index in [1.165, 1.54) is 11.1 Å². The third-order valence-electron chi connectivity index (χ3n) is 3.69. The molecule has 1 fully saturated rings. The highest BCUT2D eigenvalue weighted by Gasteiger charge is 2.44. The Kier molecular flexibility index (Phi) is 4.39. The molecule has 1 aromatic carbocycles. The van der Waals surface area contributed by atoms with Crippen LogP contribution in [0.25, 0.3) is 0 Å². The quantitative estimate of drug-likeness (QED) is 0.827. The lowest BCUT2D eigenvalue weighted by Crippen LogP contribution is -2.49. The zero-order chi connectivity index (χ0) is 15.7. The number of carbonyl (C=O) groups excluding carboxylic acids is 1. The Morgan fingerprint density at radius 3 is 2.33 bits per heavy atom. The van der Waals surface area contributed by atoms with E-state index in [0.29, 0.717) is 0 Å². The van der Waals surface area contributed by atoms with Gasteiger partial charge in [0.05, 0.1) is 12.3 Å². The van der Waals surface area contributed by atoms with Gasteiger partial charge in [-0.3, -0.25) is 4.79 Å². The lowest BCUT2D eigenvalue weighted by Gasteiger charge is -2.20. The number of aryl methyl sites for hydroxylation is 1. The Hall–Kier alpha value is -1.40. The van der Waals surface area contributed by atoms with Crippen LogP contribution in [0.2, 0.25) is 0 Å². The molecule has 1 atom stereocenters. The summed E-state index contributed by atoms with van der Waals surface area (Å²) in [6, 6.07) is 7.50. The van der Waals surface area contributed by atoms with Gasteiger partial charge in [0.15, 0.2) is 0 Å². The summed E-state index contributed by atoms with van der Waals surface area (Å²) >= 11 is 0. The van der Waals surface area contributed by atoms with Crippen molar-refractivity contribution in [3.63, 3.8) is 0 Å². The number of amides is 1. The van der Waals surface area contributed by atoms with Crippen molar-refractivity contribution < 1.29 is 13.2 Å². The highest BCUT2D eigenvalue weighted by atomic mass is 32.2. The molecule has 0 bridgehead atoms. The Labute approximate surface area is 126 Å². The number of hydrogen-bond acceptors (Lipinski definition) is 3. The molecule has 1 aliphatic rings. The average Bonchev–Trinajstić information content (AvgIpc) is 3.10. The van der Waals surface area contributed by atoms with Gasteiger partial charge < -0.3 is 5.32 Å². The Morgan fingerprint density at radius 1 is 1.29 bits per heavy atom. The van der Waals surface area contributed by atoms with Gasteiger partial charge in [-0.1, -0.05) is 29.8 Å². The minimum atomic E-state index is -3.38. The van der Waals surface area contributed by atoms with Gasteiger partial charge in [0, 0.05) is 5.54 Å². The van der Waals surface area contributed by atoms with Crippen LogP contribution in [0.4, 0.5) is 0 Å². The normalized spacial score (nSPS) is 18.0. The summed E-state index contributed by atoms with van der Waals surface area (Å²) in [5.41, 5.74) is 2.18. The smallest absolute Gasteiger partial charge is 0.238 e. The zero-order valence-corrected chi connectivity index (χ0v) is 13.5. The molecule has 6 heteroatoms. The van der Waals surface area contributed by atoms with Crippen molar-refractivity contribution in [1.82, 2.24) is 10.0 Å². The second-order valence-electron chi connectivity index (χ2n) is 6.04. The van der Waals surface area contributed by atoms with Gasteiger partial charge in [-0.25, -0.2) is 13.1 Å². The van der Waals surface area contributed by atoms with Crippen LogP contribution < -0.4 is 10.0 Å². The number of benzene rings is 1. The fourth-order valence-corrected chi connectivity index (χ4v) is 3.09. The zero-order valence-electron chi connectivity index (χ0n) is 12.6. The van der Waals surface area contributed by atoms with Crippen LogP contribution in [0.5, 0.6) is 0 Å². The molecule has 0 spiro atoms. The third-order valence-corrected chi connectivity index (χ3v) is 4.47. The molecule has 1 aromatic rings. The van der Waals surface area contributed by atoms with Gasteiger partial charge in [0.1, 0.15) is 0 Å². The van der Waals surface area contributed by atoms with E-state index >= 15 is 0 Å². The molecule has 2 rings (SSSR count). The number of hydrogen-bond donors (Lipinski definition) is 2. The van der Waals surface area contributed by atoms with E-state index < -0.39 is 16.1 Å². The van der Waals surface area contributed by atoms with Crippen LogP contribution in [0.15, 0.2) is 24.3 Å².